The Kier molecular flexibility index (Phi) is 5.20. The summed E-state index contributed by atoms with van der Waals surface area (Å²) in [7, 11) is -3.99. The lowest BCUT2D eigenvalue weighted by Crippen LogP contribution is -2.44. The van der Waals surface area contributed by atoms with Gasteiger partial charge in [-0.05, 0) is 24.1 Å². The van der Waals surface area contributed by atoms with Crippen molar-refractivity contribution in [1.82, 2.24) is 4.72 Å². The molecule has 0 saturated heterocycles. The van der Waals surface area contributed by atoms with Gasteiger partial charge in [-0.3, -0.25) is 4.79 Å². The van der Waals surface area contributed by atoms with Crippen molar-refractivity contribution in [3.05, 3.63) is 28.2 Å². The standard InChI is InChI=1S/C11H13Cl2NO4S/c1-6(2)10(11(15)16)14-19(17,18)9-4-7(12)3-8(13)5-9/h3-6,10,14H,1-2H3,(H,15,16)/t10-/m1/s1. The predicted octanol–water partition coefficient (Wildman–Crippen LogP) is 2.38. The van der Waals surface area contributed by atoms with Crippen LogP contribution in [-0.2, 0) is 14.8 Å². The minimum absolute atomic E-state index is 0.157. The summed E-state index contributed by atoms with van der Waals surface area (Å²) in [6.45, 7) is 3.21. The van der Waals surface area contributed by atoms with Crippen molar-refractivity contribution in [3.8, 4) is 0 Å². The molecule has 8 heteroatoms. The second kappa shape index (κ2) is 6.09. The predicted molar refractivity (Wildman–Crippen MR) is 73.0 cm³/mol. The Balaban J connectivity index is 3.13. The van der Waals surface area contributed by atoms with Crippen molar-refractivity contribution < 1.29 is 18.3 Å². The van der Waals surface area contributed by atoms with E-state index in [0.717, 1.165) is 0 Å². The van der Waals surface area contributed by atoms with Crippen LogP contribution in [0.4, 0.5) is 0 Å². The maximum atomic E-state index is 12.1. The summed E-state index contributed by atoms with van der Waals surface area (Å²) in [5, 5.41) is 9.30. The van der Waals surface area contributed by atoms with E-state index in [1.807, 2.05) is 0 Å². The van der Waals surface area contributed by atoms with Crippen molar-refractivity contribution in [2.24, 2.45) is 5.92 Å². The third-order valence-electron chi connectivity index (χ3n) is 2.36. The normalized spacial score (nSPS) is 13.5. The van der Waals surface area contributed by atoms with E-state index < -0.39 is 28.0 Å². The molecule has 0 aliphatic carbocycles. The van der Waals surface area contributed by atoms with E-state index in [1.54, 1.807) is 13.8 Å². The van der Waals surface area contributed by atoms with E-state index in [4.69, 9.17) is 28.3 Å². The number of hydrogen-bond acceptors (Lipinski definition) is 3. The summed E-state index contributed by atoms with van der Waals surface area (Å²) >= 11 is 11.4. The molecule has 0 spiro atoms. The average Bonchev–Trinajstić information content (AvgIpc) is 2.23. The van der Waals surface area contributed by atoms with Gasteiger partial charge in [-0.25, -0.2) is 8.42 Å². The molecular formula is C11H13Cl2NO4S. The Morgan fingerprint density at radius 1 is 1.21 bits per heavy atom. The highest BCUT2D eigenvalue weighted by atomic mass is 35.5. The van der Waals surface area contributed by atoms with E-state index in [0.29, 0.717) is 0 Å². The van der Waals surface area contributed by atoms with Crippen LogP contribution < -0.4 is 4.72 Å². The summed E-state index contributed by atoms with van der Waals surface area (Å²) in [5.74, 6) is -1.64. The lowest BCUT2D eigenvalue weighted by molar-refractivity contribution is -0.140. The van der Waals surface area contributed by atoms with E-state index in [1.165, 1.54) is 18.2 Å². The third-order valence-corrected chi connectivity index (χ3v) is 4.22. The van der Waals surface area contributed by atoms with Crippen LogP contribution in [0.2, 0.25) is 10.0 Å². The highest BCUT2D eigenvalue weighted by molar-refractivity contribution is 7.89. The molecule has 5 nitrogen and oxygen atoms in total. The number of carboxylic acid groups (broad SMARTS) is 1. The Bertz CT molecular complexity index is 566. The van der Waals surface area contributed by atoms with Gasteiger partial charge in [0.15, 0.2) is 0 Å². The van der Waals surface area contributed by atoms with Crippen molar-refractivity contribution in [1.29, 1.82) is 0 Å². The maximum Gasteiger partial charge on any atom is 0.322 e. The number of nitrogens with one attached hydrogen (secondary N) is 1. The lowest BCUT2D eigenvalue weighted by atomic mass is 10.1. The maximum absolute atomic E-state index is 12.1. The van der Waals surface area contributed by atoms with Crippen LogP contribution in [0.5, 0.6) is 0 Å². The molecule has 0 heterocycles. The van der Waals surface area contributed by atoms with Gasteiger partial charge < -0.3 is 5.11 Å². The Morgan fingerprint density at radius 2 is 1.68 bits per heavy atom. The van der Waals surface area contributed by atoms with E-state index in [9.17, 15) is 13.2 Å². The molecular weight excluding hydrogens is 313 g/mol. The fourth-order valence-corrected chi connectivity index (χ4v) is 3.45. The zero-order valence-corrected chi connectivity index (χ0v) is 12.6. The van der Waals surface area contributed by atoms with Crippen LogP contribution in [0.15, 0.2) is 23.1 Å². The first-order chi connectivity index (χ1) is 8.63. The first-order valence-corrected chi connectivity index (χ1v) is 7.58. The summed E-state index contributed by atoms with van der Waals surface area (Å²) in [4.78, 5) is 10.8. The van der Waals surface area contributed by atoms with Gasteiger partial charge in [0.2, 0.25) is 10.0 Å². The molecule has 19 heavy (non-hydrogen) atoms. The number of halogens is 2. The number of benzene rings is 1. The molecule has 2 N–H and O–H groups in total. The second-order valence-corrected chi connectivity index (χ2v) is 6.87. The number of aliphatic carboxylic acids is 1. The average molecular weight is 326 g/mol. The minimum Gasteiger partial charge on any atom is -0.480 e. The molecule has 0 aromatic heterocycles. The zero-order valence-electron chi connectivity index (χ0n) is 10.2. The summed E-state index contributed by atoms with van der Waals surface area (Å²) < 4.78 is 26.2. The van der Waals surface area contributed by atoms with Gasteiger partial charge >= 0.3 is 5.97 Å². The SMILES string of the molecule is CC(C)[C@@H](NS(=O)(=O)c1cc(Cl)cc(Cl)c1)C(=O)O. The van der Waals surface area contributed by atoms with Gasteiger partial charge in [-0.2, -0.15) is 4.72 Å². The molecule has 1 rings (SSSR count). The van der Waals surface area contributed by atoms with Crippen molar-refractivity contribution in [2.45, 2.75) is 24.8 Å². The van der Waals surface area contributed by atoms with Crippen LogP contribution in [0.3, 0.4) is 0 Å². The molecule has 106 valence electrons. The number of carboxylic acids is 1. The summed E-state index contributed by atoms with van der Waals surface area (Å²) in [5.41, 5.74) is 0. The van der Waals surface area contributed by atoms with Gasteiger partial charge in [0.05, 0.1) is 4.90 Å². The second-order valence-electron chi connectivity index (χ2n) is 4.29. The highest BCUT2D eigenvalue weighted by Crippen LogP contribution is 2.22. The first kappa shape index (κ1) is 16.2. The molecule has 0 aliphatic rings. The zero-order chi connectivity index (χ0) is 14.8. The van der Waals surface area contributed by atoms with Gasteiger partial charge in [0, 0.05) is 10.0 Å². The highest BCUT2D eigenvalue weighted by Gasteiger charge is 2.28. The van der Waals surface area contributed by atoms with Crippen LogP contribution in [0.1, 0.15) is 13.8 Å². The van der Waals surface area contributed by atoms with Gasteiger partial charge in [-0.1, -0.05) is 37.0 Å². The fraction of sp³-hybridized carbons (Fsp3) is 0.364. The van der Waals surface area contributed by atoms with Crippen LogP contribution in [0.25, 0.3) is 0 Å². The molecule has 1 aromatic rings. The lowest BCUT2D eigenvalue weighted by Gasteiger charge is -2.18. The number of hydrogen-bond donors (Lipinski definition) is 2. The number of carbonyl (C=O) groups is 1. The van der Waals surface area contributed by atoms with Crippen LogP contribution in [0, 0.1) is 5.92 Å². The van der Waals surface area contributed by atoms with Gasteiger partial charge in [-0.15, -0.1) is 0 Å². The topological polar surface area (TPSA) is 83.5 Å². The molecule has 0 radical (unpaired) electrons. The van der Waals surface area contributed by atoms with Gasteiger partial charge in [0.25, 0.3) is 0 Å². The van der Waals surface area contributed by atoms with Crippen molar-refractivity contribution in [2.75, 3.05) is 0 Å². The molecule has 0 aliphatic heterocycles. The Morgan fingerprint density at radius 3 is 2.05 bits per heavy atom. The Labute approximate surface area is 121 Å². The molecule has 0 fully saturated rings. The van der Waals surface area contributed by atoms with Crippen LogP contribution >= 0.6 is 23.2 Å². The van der Waals surface area contributed by atoms with E-state index in [-0.39, 0.29) is 14.9 Å². The van der Waals surface area contributed by atoms with Crippen molar-refractivity contribution in [3.63, 3.8) is 0 Å². The van der Waals surface area contributed by atoms with Crippen LogP contribution in [-0.4, -0.2) is 25.5 Å². The smallest absolute Gasteiger partial charge is 0.322 e. The number of rotatable bonds is 5. The van der Waals surface area contributed by atoms with Crippen molar-refractivity contribution >= 4 is 39.2 Å². The first-order valence-electron chi connectivity index (χ1n) is 5.34. The monoisotopic (exact) mass is 325 g/mol. The Hall–Kier alpha value is -0.820. The summed E-state index contributed by atoms with van der Waals surface area (Å²) in [6, 6.07) is 2.58. The number of sulfonamides is 1. The van der Waals surface area contributed by atoms with Gasteiger partial charge in [0.1, 0.15) is 6.04 Å². The fourth-order valence-electron chi connectivity index (χ4n) is 1.39. The minimum atomic E-state index is -3.99. The molecule has 0 bridgehead atoms. The molecule has 0 unspecified atom stereocenters. The molecule has 0 amide bonds. The molecule has 0 saturated carbocycles. The quantitative estimate of drug-likeness (QED) is 0.870. The van der Waals surface area contributed by atoms with E-state index >= 15 is 0 Å². The molecule has 1 atom stereocenters. The third kappa shape index (κ3) is 4.35. The largest absolute Gasteiger partial charge is 0.480 e. The van der Waals surface area contributed by atoms with E-state index in [2.05, 4.69) is 4.72 Å². The summed E-state index contributed by atoms with van der Waals surface area (Å²) in [6.07, 6.45) is 0. The molecule has 1 aromatic carbocycles.